The van der Waals surface area contributed by atoms with Crippen LogP contribution in [0.25, 0.3) is 10.9 Å². The van der Waals surface area contributed by atoms with E-state index in [9.17, 15) is 0 Å². The van der Waals surface area contributed by atoms with E-state index >= 15 is 0 Å². The minimum atomic E-state index is 0.553. The van der Waals surface area contributed by atoms with Crippen LogP contribution in [0.1, 0.15) is 0 Å². The van der Waals surface area contributed by atoms with Gasteiger partial charge in [-0.05, 0) is 12.1 Å². The van der Waals surface area contributed by atoms with Gasteiger partial charge in [0, 0.05) is 35.8 Å². The van der Waals surface area contributed by atoms with Crippen LogP contribution in [0.4, 0.5) is 5.69 Å². The minimum Gasteiger partial charge on any atom is -0.493 e. The lowest BCUT2D eigenvalue weighted by atomic mass is 10.1. The number of rotatable bonds is 5. The van der Waals surface area contributed by atoms with Gasteiger partial charge in [0.1, 0.15) is 0 Å². The molecule has 0 aliphatic carbocycles. The summed E-state index contributed by atoms with van der Waals surface area (Å²) in [5.41, 5.74) is 1.84. The van der Waals surface area contributed by atoms with Gasteiger partial charge in [0.05, 0.1) is 19.7 Å². The van der Waals surface area contributed by atoms with Crippen molar-refractivity contribution in [2.45, 2.75) is 0 Å². The van der Waals surface area contributed by atoms with Crippen LogP contribution >= 0.6 is 11.6 Å². The highest BCUT2D eigenvalue weighted by Crippen LogP contribution is 2.34. The smallest absolute Gasteiger partial charge is 0.162 e. The molecule has 0 saturated heterocycles. The molecule has 0 spiro atoms. The number of anilines is 1. The Balaban J connectivity index is 2.54. The van der Waals surface area contributed by atoms with Crippen LogP contribution in [0.3, 0.4) is 0 Å². The van der Waals surface area contributed by atoms with E-state index < -0.39 is 0 Å². The lowest BCUT2D eigenvalue weighted by molar-refractivity contribution is 0.356. The van der Waals surface area contributed by atoms with Crippen molar-refractivity contribution < 1.29 is 9.47 Å². The monoisotopic (exact) mass is 266 g/mol. The number of aromatic nitrogens is 1. The standard InChI is InChI=1S/C13H15ClN2O2/c1-17-12-7-9-10(16-6-4-14)3-5-15-11(9)8-13(12)18-2/h3,5,7-8H,4,6H2,1-2H3,(H,15,16). The van der Waals surface area contributed by atoms with Gasteiger partial charge in [-0.15, -0.1) is 11.6 Å². The number of methoxy groups -OCH3 is 2. The summed E-state index contributed by atoms with van der Waals surface area (Å²) in [6, 6.07) is 5.69. The summed E-state index contributed by atoms with van der Waals surface area (Å²) in [6.45, 7) is 0.703. The molecule has 1 aromatic carbocycles. The molecule has 1 N–H and O–H groups in total. The molecule has 18 heavy (non-hydrogen) atoms. The van der Waals surface area contributed by atoms with Crippen molar-refractivity contribution in [2.75, 3.05) is 32.0 Å². The van der Waals surface area contributed by atoms with Crippen molar-refractivity contribution in [1.29, 1.82) is 0 Å². The summed E-state index contributed by atoms with van der Waals surface area (Å²) in [4.78, 5) is 4.33. The number of nitrogens with one attached hydrogen (secondary N) is 1. The third kappa shape index (κ3) is 2.43. The zero-order chi connectivity index (χ0) is 13.0. The number of benzene rings is 1. The molecule has 1 aromatic heterocycles. The average molecular weight is 267 g/mol. The number of hydrogen-bond acceptors (Lipinski definition) is 4. The molecule has 0 saturated carbocycles. The summed E-state index contributed by atoms with van der Waals surface area (Å²) in [6.07, 6.45) is 1.75. The van der Waals surface area contributed by atoms with E-state index in [4.69, 9.17) is 21.1 Å². The summed E-state index contributed by atoms with van der Waals surface area (Å²) >= 11 is 5.69. The lowest BCUT2D eigenvalue weighted by Crippen LogP contribution is -2.03. The second-order valence-electron chi connectivity index (χ2n) is 3.70. The largest absolute Gasteiger partial charge is 0.493 e. The van der Waals surface area contributed by atoms with Crippen molar-refractivity contribution in [3.05, 3.63) is 24.4 Å². The summed E-state index contributed by atoms with van der Waals surface area (Å²) < 4.78 is 10.6. The minimum absolute atomic E-state index is 0.553. The molecule has 0 aliphatic heterocycles. The first-order valence-corrected chi connectivity index (χ1v) is 6.14. The summed E-state index contributed by atoms with van der Waals surface area (Å²) in [5, 5.41) is 4.24. The Morgan fingerprint density at radius 3 is 2.61 bits per heavy atom. The highest BCUT2D eigenvalue weighted by Gasteiger charge is 2.09. The van der Waals surface area contributed by atoms with Crippen LogP contribution in [0.5, 0.6) is 11.5 Å². The predicted molar refractivity (Wildman–Crippen MR) is 74.1 cm³/mol. The molecular weight excluding hydrogens is 252 g/mol. The van der Waals surface area contributed by atoms with Gasteiger partial charge in [-0.3, -0.25) is 4.98 Å². The highest BCUT2D eigenvalue weighted by atomic mass is 35.5. The van der Waals surface area contributed by atoms with Gasteiger partial charge in [0.25, 0.3) is 0 Å². The molecule has 2 aromatic rings. The molecule has 5 heteroatoms. The van der Waals surface area contributed by atoms with E-state index in [1.807, 2.05) is 18.2 Å². The van der Waals surface area contributed by atoms with Gasteiger partial charge in [-0.1, -0.05) is 0 Å². The van der Waals surface area contributed by atoms with Crippen molar-refractivity contribution in [3.63, 3.8) is 0 Å². The van der Waals surface area contributed by atoms with E-state index in [2.05, 4.69) is 10.3 Å². The topological polar surface area (TPSA) is 43.4 Å². The molecule has 4 nitrogen and oxygen atoms in total. The highest BCUT2D eigenvalue weighted by molar-refractivity contribution is 6.18. The number of alkyl halides is 1. The number of fused-ring (bicyclic) bond motifs is 1. The molecule has 0 fully saturated rings. The van der Waals surface area contributed by atoms with Gasteiger partial charge < -0.3 is 14.8 Å². The summed E-state index contributed by atoms with van der Waals surface area (Å²) in [7, 11) is 3.23. The van der Waals surface area contributed by atoms with Crippen molar-refractivity contribution in [3.8, 4) is 11.5 Å². The second kappa shape index (κ2) is 5.78. The van der Waals surface area contributed by atoms with Gasteiger partial charge in [-0.2, -0.15) is 0 Å². The Morgan fingerprint density at radius 1 is 1.22 bits per heavy atom. The van der Waals surface area contributed by atoms with Crippen LogP contribution in [-0.2, 0) is 0 Å². The third-order valence-corrected chi connectivity index (χ3v) is 2.85. The van der Waals surface area contributed by atoms with Crippen molar-refractivity contribution >= 4 is 28.2 Å². The van der Waals surface area contributed by atoms with Crippen LogP contribution < -0.4 is 14.8 Å². The molecule has 0 radical (unpaired) electrons. The summed E-state index contributed by atoms with van der Waals surface area (Å²) in [5.74, 6) is 1.91. The second-order valence-corrected chi connectivity index (χ2v) is 4.08. The SMILES string of the molecule is COc1cc2nccc(NCCCl)c2cc1OC. The molecule has 0 bridgehead atoms. The first-order valence-electron chi connectivity index (χ1n) is 5.60. The van der Waals surface area contributed by atoms with Crippen molar-refractivity contribution in [1.82, 2.24) is 4.98 Å². The Kier molecular flexibility index (Phi) is 4.10. The predicted octanol–water partition coefficient (Wildman–Crippen LogP) is 2.90. The molecule has 96 valence electrons. The zero-order valence-corrected chi connectivity index (χ0v) is 11.1. The quantitative estimate of drug-likeness (QED) is 0.845. The fourth-order valence-corrected chi connectivity index (χ4v) is 1.90. The number of ether oxygens (including phenoxy) is 2. The third-order valence-electron chi connectivity index (χ3n) is 2.66. The fraction of sp³-hybridized carbons (Fsp3) is 0.308. The number of pyridine rings is 1. The first-order chi connectivity index (χ1) is 8.80. The van der Waals surface area contributed by atoms with Gasteiger partial charge in [0.15, 0.2) is 11.5 Å². The lowest BCUT2D eigenvalue weighted by Gasteiger charge is -2.12. The van der Waals surface area contributed by atoms with Crippen LogP contribution in [0, 0.1) is 0 Å². The maximum absolute atomic E-state index is 5.69. The maximum atomic E-state index is 5.69. The van der Waals surface area contributed by atoms with Crippen LogP contribution in [0.15, 0.2) is 24.4 Å². The Hall–Kier alpha value is -1.68. The number of hydrogen-bond donors (Lipinski definition) is 1. The molecule has 0 atom stereocenters. The number of nitrogens with zero attached hydrogens (tertiary/aromatic N) is 1. The van der Waals surface area contributed by atoms with E-state index in [0.29, 0.717) is 23.9 Å². The molecule has 0 amide bonds. The molecule has 2 rings (SSSR count). The zero-order valence-electron chi connectivity index (χ0n) is 10.4. The number of halogens is 1. The normalized spacial score (nSPS) is 10.4. The average Bonchev–Trinajstić information content (AvgIpc) is 2.43. The van der Waals surface area contributed by atoms with E-state index in [0.717, 1.165) is 16.6 Å². The van der Waals surface area contributed by atoms with Crippen LogP contribution in [0.2, 0.25) is 0 Å². The van der Waals surface area contributed by atoms with E-state index in [-0.39, 0.29) is 0 Å². The fourth-order valence-electron chi connectivity index (χ4n) is 1.81. The van der Waals surface area contributed by atoms with Gasteiger partial charge >= 0.3 is 0 Å². The Bertz CT molecular complexity index is 546. The van der Waals surface area contributed by atoms with E-state index in [1.54, 1.807) is 20.4 Å². The maximum Gasteiger partial charge on any atom is 0.162 e. The van der Waals surface area contributed by atoms with Crippen LogP contribution in [-0.4, -0.2) is 31.6 Å². The molecule has 0 aliphatic rings. The van der Waals surface area contributed by atoms with E-state index in [1.165, 1.54) is 0 Å². The van der Waals surface area contributed by atoms with Gasteiger partial charge in [0.2, 0.25) is 0 Å². The van der Waals surface area contributed by atoms with Gasteiger partial charge in [-0.25, -0.2) is 0 Å². The molecule has 1 heterocycles. The first kappa shape index (κ1) is 12.8. The Labute approximate surface area is 111 Å². The Morgan fingerprint density at radius 2 is 1.94 bits per heavy atom. The molecular formula is C13H15ClN2O2. The van der Waals surface area contributed by atoms with Crippen molar-refractivity contribution in [2.24, 2.45) is 0 Å². The molecule has 0 unspecified atom stereocenters.